The van der Waals surface area contributed by atoms with Crippen molar-refractivity contribution in [1.29, 1.82) is 0 Å². The number of hydrogen-bond acceptors (Lipinski definition) is 4. The van der Waals surface area contributed by atoms with Crippen LogP contribution in [0.5, 0.6) is 5.75 Å². The Kier molecular flexibility index (Phi) is 4.30. The highest BCUT2D eigenvalue weighted by Gasteiger charge is 2.10. The molecule has 0 saturated carbocycles. The fourth-order valence-corrected chi connectivity index (χ4v) is 2.03. The van der Waals surface area contributed by atoms with E-state index in [1.54, 1.807) is 25.5 Å². The predicted molar refractivity (Wildman–Crippen MR) is 72.8 cm³/mol. The molecular weight excluding hydrogens is 248 g/mol. The van der Waals surface area contributed by atoms with Crippen molar-refractivity contribution < 1.29 is 9.53 Å². The van der Waals surface area contributed by atoms with Crippen LogP contribution in [0.25, 0.3) is 0 Å². The van der Waals surface area contributed by atoms with E-state index in [9.17, 15) is 4.79 Å². The quantitative estimate of drug-likeness (QED) is 0.814. The number of carbonyl (C=O) groups excluding carboxylic acids is 1. The summed E-state index contributed by atoms with van der Waals surface area (Å²) in [4.78, 5) is 12.5. The molecule has 1 heterocycles. The van der Waals surface area contributed by atoms with Gasteiger partial charge in [-0.25, -0.2) is 0 Å². The van der Waals surface area contributed by atoms with E-state index in [1.165, 1.54) is 11.9 Å². The summed E-state index contributed by atoms with van der Waals surface area (Å²) in [5.41, 5.74) is 1.04. The molecule has 0 saturated heterocycles. The molecule has 0 fully saturated rings. The largest absolute Gasteiger partial charge is 0.497 e. The first-order chi connectivity index (χ1) is 8.79. The summed E-state index contributed by atoms with van der Waals surface area (Å²) in [5.74, 6) is 0.734. The first-order valence-electron chi connectivity index (χ1n) is 5.50. The standard InChI is InChI=1S/C13H14N2O2S/c1-17-11-6-4-10(5-7-11)9-14-13(16)12-3-2-8-15-18-12/h2-8,15H,9H2,1H3,(H,14,16). The molecule has 0 spiro atoms. The summed E-state index contributed by atoms with van der Waals surface area (Å²) in [6, 6.07) is 7.61. The highest BCUT2D eigenvalue weighted by molar-refractivity contribution is 8.02. The molecule has 0 aromatic heterocycles. The van der Waals surface area contributed by atoms with Gasteiger partial charge in [-0.05, 0) is 41.8 Å². The van der Waals surface area contributed by atoms with Crippen molar-refractivity contribution in [3.63, 3.8) is 0 Å². The zero-order valence-corrected chi connectivity index (χ0v) is 10.8. The first kappa shape index (κ1) is 12.6. The van der Waals surface area contributed by atoms with E-state index in [4.69, 9.17) is 4.74 Å². The molecule has 0 radical (unpaired) electrons. The lowest BCUT2D eigenvalue weighted by Crippen LogP contribution is -2.24. The van der Waals surface area contributed by atoms with Crippen LogP contribution in [0.1, 0.15) is 5.56 Å². The van der Waals surface area contributed by atoms with Gasteiger partial charge in [0, 0.05) is 12.7 Å². The Labute approximate surface area is 110 Å². The normalized spacial score (nSPS) is 13.5. The van der Waals surface area contributed by atoms with Crippen LogP contribution in [0.15, 0.2) is 47.5 Å². The summed E-state index contributed by atoms with van der Waals surface area (Å²) in [6.07, 6.45) is 5.37. The van der Waals surface area contributed by atoms with Crippen LogP contribution in [0.2, 0.25) is 0 Å². The second kappa shape index (κ2) is 6.16. The number of nitrogens with one attached hydrogen (secondary N) is 2. The maximum atomic E-state index is 11.8. The maximum Gasteiger partial charge on any atom is 0.259 e. The second-order valence-corrected chi connectivity index (χ2v) is 4.52. The maximum absolute atomic E-state index is 11.8. The average Bonchev–Trinajstić information content (AvgIpc) is 2.46. The van der Waals surface area contributed by atoms with Gasteiger partial charge in [-0.15, -0.1) is 0 Å². The highest BCUT2D eigenvalue weighted by Crippen LogP contribution is 2.16. The van der Waals surface area contributed by atoms with Gasteiger partial charge in [-0.3, -0.25) is 4.79 Å². The van der Waals surface area contributed by atoms with Crippen LogP contribution in [-0.2, 0) is 11.3 Å². The zero-order valence-electron chi connectivity index (χ0n) is 9.97. The third kappa shape index (κ3) is 3.30. The van der Waals surface area contributed by atoms with E-state index in [0.717, 1.165) is 11.3 Å². The molecule has 1 amide bonds. The fourth-order valence-electron chi connectivity index (χ4n) is 1.44. The summed E-state index contributed by atoms with van der Waals surface area (Å²) in [5, 5.41) is 2.86. The topological polar surface area (TPSA) is 50.4 Å². The van der Waals surface area contributed by atoms with Crippen LogP contribution >= 0.6 is 11.9 Å². The predicted octanol–water partition coefficient (Wildman–Crippen LogP) is 1.96. The number of methoxy groups -OCH3 is 1. The monoisotopic (exact) mass is 262 g/mol. The molecule has 0 aliphatic carbocycles. The van der Waals surface area contributed by atoms with E-state index in [0.29, 0.717) is 11.4 Å². The third-order valence-electron chi connectivity index (χ3n) is 2.42. The van der Waals surface area contributed by atoms with Crippen LogP contribution in [0.3, 0.4) is 0 Å². The molecule has 94 valence electrons. The Morgan fingerprint density at radius 3 is 2.78 bits per heavy atom. The lowest BCUT2D eigenvalue weighted by atomic mass is 10.2. The molecule has 0 bridgehead atoms. The van der Waals surface area contributed by atoms with Crippen LogP contribution in [0, 0.1) is 0 Å². The Bertz CT molecular complexity index is 480. The van der Waals surface area contributed by atoms with Crippen molar-refractivity contribution in [2.45, 2.75) is 6.54 Å². The molecule has 1 aliphatic rings. The van der Waals surface area contributed by atoms with Crippen molar-refractivity contribution >= 4 is 17.9 Å². The molecule has 1 aromatic carbocycles. The molecular formula is C13H14N2O2S. The van der Waals surface area contributed by atoms with E-state index < -0.39 is 0 Å². The average molecular weight is 262 g/mol. The third-order valence-corrected chi connectivity index (χ3v) is 3.21. The van der Waals surface area contributed by atoms with Gasteiger partial charge in [0.15, 0.2) is 0 Å². The molecule has 1 aromatic rings. The van der Waals surface area contributed by atoms with E-state index >= 15 is 0 Å². The molecule has 0 unspecified atom stereocenters. The van der Waals surface area contributed by atoms with Gasteiger partial charge in [0.05, 0.1) is 12.0 Å². The van der Waals surface area contributed by atoms with Gasteiger partial charge < -0.3 is 14.8 Å². The van der Waals surface area contributed by atoms with Crippen molar-refractivity contribution in [2.75, 3.05) is 7.11 Å². The number of rotatable bonds is 4. The van der Waals surface area contributed by atoms with E-state index in [-0.39, 0.29) is 5.91 Å². The lowest BCUT2D eigenvalue weighted by molar-refractivity contribution is -0.116. The first-order valence-corrected chi connectivity index (χ1v) is 6.31. The highest BCUT2D eigenvalue weighted by atomic mass is 32.2. The summed E-state index contributed by atoms with van der Waals surface area (Å²) in [6.45, 7) is 0.504. The Morgan fingerprint density at radius 1 is 1.39 bits per heavy atom. The Balaban J connectivity index is 1.88. The van der Waals surface area contributed by atoms with Gasteiger partial charge >= 0.3 is 0 Å². The molecule has 2 rings (SSSR count). The Hall–Kier alpha value is -1.88. The number of hydrogen-bond donors (Lipinski definition) is 2. The molecule has 4 nitrogen and oxygen atoms in total. The molecule has 0 atom stereocenters. The summed E-state index contributed by atoms with van der Waals surface area (Å²) >= 11 is 1.30. The van der Waals surface area contributed by atoms with Gasteiger partial charge in [0.2, 0.25) is 0 Å². The number of carbonyl (C=O) groups is 1. The smallest absolute Gasteiger partial charge is 0.259 e. The minimum Gasteiger partial charge on any atom is -0.497 e. The molecule has 2 N–H and O–H groups in total. The molecule has 5 heteroatoms. The van der Waals surface area contributed by atoms with Gasteiger partial charge in [-0.1, -0.05) is 12.1 Å². The van der Waals surface area contributed by atoms with Crippen molar-refractivity contribution in [3.05, 3.63) is 53.1 Å². The Morgan fingerprint density at radius 2 is 2.17 bits per heavy atom. The summed E-state index contributed by atoms with van der Waals surface area (Å²) in [7, 11) is 1.63. The van der Waals surface area contributed by atoms with Gasteiger partial charge in [0.1, 0.15) is 5.75 Å². The molecule has 1 aliphatic heterocycles. The fraction of sp³-hybridized carbons (Fsp3) is 0.154. The minimum atomic E-state index is -0.0762. The SMILES string of the molecule is COc1ccc(CNC(=O)C2=CC=CNS2)cc1. The van der Waals surface area contributed by atoms with Gasteiger partial charge in [0.25, 0.3) is 5.91 Å². The number of allylic oxidation sites excluding steroid dienone is 2. The van der Waals surface area contributed by atoms with E-state index in [2.05, 4.69) is 10.0 Å². The van der Waals surface area contributed by atoms with Crippen LogP contribution < -0.4 is 14.8 Å². The van der Waals surface area contributed by atoms with Crippen molar-refractivity contribution in [3.8, 4) is 5.75 Å². The van der Waals surface area contributed by atoms with Crippen LogP contribution in [0.4, 0.5) is 0 Å². The van der Waals surface area contributed by atoms with E-state index in [1.807, 2.05) is 24.3 Å². The summed E-state index contributed by atoms with van der Waals surface area (Å²) < 4.78 is 7.99. The zero-order chi connectivity index (χ0) is 12.8. The van der Waals surface area contributed by atoms with Crippen molar-refractivity contribution in [1.82, 2.24) is 10.0 Å². The van der Waals surface area contributed by atoms with Crippen LogP contribution in [-0.4, -0.2) is 13.0 Å². The van der Waals surface area contributed by atoms with Gasteiger partial charge in [-0.2, -0.15) is 0 Å². The second-order valence-electron chi connectivity index (χ2n) is 3.64. The molecule has 18 heavy (non-hydrogen) atoms. The minimum absolute atomic E-state index is 0.0762. The van der Waals surface area contributed by atoms with Crippen molar-refractivity contribution in [2.24, 2.45) is 0 Å². The lowest BCUT2D eigenvalue weighted by Gasteiger charge is -2.10. The number of amides is 1. The number of ether oxygens (including phenoxy) is 1. The number of benzene rings is 1.